The highest BCUT2D eigenvalue weighted by Gasteiger charge is 2.30. The summed E-state index contributed by atoms with van der Waals surface area (Å²) in [5.41, 5.74) is 2.27. The minimum atomic E-state index is -0.541. The van der Waals surface area contributed by atoms with Crippen LogP contribution < -0.4 is 4.74 Å². The topological polar surface area (TPSA) is 56.6 Å². The lowest BCUT2D eigenvalue weighted by Crippen LogP contribution is -2.54. The monoisotopic (exact) mass is 391 g/mol. The number of rotatable bonds is 6. The van der Waals surface area contributed by atoms with Gasteiger partial charge >= 0.3 is 0 Å². The molecule has 0 saturated carbocycles. The summed E-state index contributed by atoms with van der Waals surface area (Å²) in [6, 6.07) is 20.3. The van der Waals surface area contributed by atoms with E-state index < -0.39 is 6.10 Å². The van der Waals surface area contributed by atoms with Gasteiger partial charge in [0, 0.05) is 26.2 Å². The lowest BCUT2D eigenvalue weighted by atomic mass is 10.0. The summed E-state index contributed by atoms with van der Waals surface area (Å²) in [6.45, 7) is 8.62. The van der Waals surface area contributed by atoms with Crippen molar-refractivity contribution in [2.75, 3.05) is 26.2 Å². The third kappa shape index (κ3) is 5.16. The minimum absolute atomic E-state index is 0.00478. The second kappa shape index (κ2) is 9.58. The van der Waals surface area contributed by atoms with Crippen LogP contribution in [0.2, 0.25) is 0 Å². The van der Waals surface area contributed by atoms with Crippen molar-refractivity contribution in [1.29, 1.82) is 5.26 Å². The number of hydrogen-bond acceptors (Lipinski definition) is 4. The van der Waals surface area contributed by atoms with Crippen LogP contribution in [0.15, 0.2) is 54.6 Å². The molecule has 2 atom stereocenters. The Kier molecular flexibility index (Phi) is 6.90. The molecule has 5 nitrogen and oxygen atoms in total. The van der Waals surface area contributed by atoms with E-state index in [0.29, 0.717) is 18.8 Å². The molecule has 1 heterocycles. The van der Waals surface area contributed by atoms with Crippen molar-refractivity contribution < 1.29 is 9.53 Å². The minimum Gasteiger partial charge on any atom is -0.481 e. The van der Waals surface area contributed by atoms with Crippen LogP contribution in [0.4, 0.5) is 0 Å². The van der Waals surface area contributed by atoms with Gasteiger partial charge < -0.3 is 9.64 Å². The van der Waals surface area contributed by atoms with E-state index in [1.165, 1.54) is 0 Å². The summed E-state index contributed by atoms with van der Waals surface area (Å²) in [6.07, 6.45) is -0.541. The third-order valence-electron chi connectivity index (χ3n) is 5.41. The molecule has 1 aliphatic rings. The molecule has 2 aromatic carbocycles. The fourth-order valence-electron chi connectivity index (χ4n) is 3.74. The van der Waals surface area contributed by atoms with Gasteiger partial charge in [0.2, 0.25) is 0 Å². The van der Waals surface area contributed by atoms with Crippen LogP contribution >= 0.6 is 0 Å². The summed E-state index contributed by atoms with van der Waals surface area (Å²) in [7, 11) is 0. The van der Waals surface area contributed by atoms with Crippen LogP contribution in [0.1, 0.15) is 20.8 Å². The smallest absolute Gasteiger partial charge is 0.263 e. The first-order valence-electron chi connectivity index (χ1n) is 10.2. The first-order valence-corrected chi connectivity index (χ1v) is 10.2. The average molecular weight is 392 g/mol. The lowest BCUT2D eigenvalue weighted by Gasteiger charge is -2.38. The van der Waals surface area contributed by atoms with E-state index in [1.54, 1.807) is 6.92 Å². The Morgan fingerprint density at radius 1 is 0.931 bits per heavy atom. The van der Waals surface area contributed by atoms with Crippen LogP contribution in [0.25, 0.3) is 11.1 Å². The number of nitrogens with zero attached hydrogens (tertiary/aromatic N) is 3. The molecular formula is C24H29N3O2. The van der Waals surface area contributed by atoms with Crippen molar-refractivity contribution in [1.82, 2.24) is 9.80 Å². The number of amides is 1. The highest BCUT2D eigenvalue weighted by atomic mass is 16.5. The lowest BCUT2D eigenvalue weighted by molar-refractivity contribution is -0.140. The molecule has 0 spiro atoms. The number of benzene rings is 2. The van der Waals surface area contributed by atoms with Crippen LogP contribution in [-0.4, -0.2) is 54.0 Å². The molecule has 152 valence electrons. The van der Waals surface area contributed by atoms with Gasteiger partial charge in [-0.1, -0.05) is 56.3 Å². The molecule has 1 aliphatic heterocycles. The average Bonchev–Trinajstić information content (AvgIpc) is 2.75. The Bertz CT molecular complexity index is 835. The number of piperazine rings is 1. The number of ether oxygens (including phenoxy) is 1. The number of hydrogen-bond donors (Lipinski definition) is 0. The first-order chi connectivity index (χ1) is 14.0. The van der Waals surface area contributed by atoms with E-state index >= 15 is 0 Å². The molecule has 0 bridgehead atoms. The second-order valence-corrected chi connectivity index (χ2v) is 7.83. The normalized spacial score (nSPS) is 16.9. The zero-order valence-electron chi connectivity index (χ0n) is 17.4. The summed E-state index contributed by atoms with van der Waals surface area (Å²) in [5, 5.41) is 9.38. The molecule has 29 heavy (non-hydrogen) atoms. The molecule has 1 fully saturated rings. The molecule has 5 heteroatoms. The van der Waals surface area contributed by atoms with E-state index in [1.807, 2.05) is 47.4 Å². The van der Waals surface area contributed by atoms with E-state index in [2.05, 4.69) is 36.9 Å². The third-order valence-corrected chi connectivity index (χ3v) is 5.41. The quantitative estimate of drug-likeness (QED) is 0.751. The fraction of sp³-hybridized carbons (Fsp3) is 0.417. The maximum absolute atomic E-state index is 12.8. The zero-order valence-corrected chi connectivity index (χ0v) is 17.4. The summed E-state index contributed by atoms with van der Waals surface area (Å²) in [5.74, 6) is 0.965. The van der Waals surface area contributed by atoms with Gasteiger partial charge in [-0.2, -0.15) is 5.26 Å². The molecule has 0 aromatic heterocycles. The van der Waals surface area contributed by atoms with Gasteiger partial charge in [0.15, 0.2) is 6.10 Å². The highest BCUT2D eigenvalue weighted by Crippen LogP contribution is 2.23. The van der Waals surface area contributed by atoms with Crippen molar-refractivity contribution in [3.05, 3.63) is 54.6 Å². The van der Waals surface area contributed by atoms with Crippen LogP contribution in [0.3, 0.4) is 0 Å². The Morgan fingerprint density at radius 3 is 2.07 bits per heavy atom. The Labute approximate surface area is 173 Å². The van der Waals surface area contributed by atoms with Gasteiger partial charge in [0.1, 0.15) is 11.8 Å². The molecule has 0 N–H and O–H groups in total. The van der Waals surface area contributed by atoms with Gasteiger partial charge in [-0.3, -0.25) is 9.69 Å². The molecular weight excluding hydrogens is 362 g/mol. The maximum Gasteiger partial charge on any atom is 0.263 e. The van der Waals surface area contributed by atoms with E-state index in [0.717, 1.165) is 24.2 Å². The largest absolute Gasteiger partial charge is 0.481 e. The van der Waals surface area contributed by atoms with Crippen molar-refractivity contribution in [2.45, 2.75) is 32.9 Å². The predicted molar refractivity (Wildman–Crippen MR) is 114 cm³/mol. The number of carbonyl (C=O) groups excluding carboxylic acids is 1. The molecule has 0 radical (unpaired) electrons. The van der Waals surface area contributed by atoms with Crippen molar-refractivity contribution in [3.63, 3.8) is 0 Å². The van der Waals surface area contributed by atoms with Gasteiger partial charge in [0.25, 0.3) is 5.91 Å². The maximum atomic E-state index is 12.8. The molecule has 0 aliphatic carbocycles. The fourth-order valence-corrected chi connectivity index (χ4v) is 3.74. The molecule has 2 aromatic rings. The van der Waals surface area contributed by atoms with Crippen molar-refractivity contribution in [3.8, 4) is 22.9 Å². The first kappa shape index (κ1) is 20.9. The van der Waals surface area contributed by atoms with E-state index in [-0.39, 0.29) is 17.9 Å². The molecule has 1 saturated heterocycles. The van der Waals surface area contributed by atoms with Crippen molar-refractivity contribution in [2.24, 2.45) is 5.92 Å². The molecule has 3 rings (SSSR count). The van der Waals surface area contributed by atoms with Gasteiger partial charge in [0.05, 0.1) is 6.07 Å². The van der Waals surface area contributed by atoms with Crippen LogP contribution in [0, 0.1) is 17.2 Å². The SMILES string of the molecule is CC(Oc1ccc(-c2ccccc2)cc1)C(=O)N1CCN(C(C#N)C(C)C)CC1. The summed E-state index contributed by atoms with van der Waals surface area (Å²) < 4.78 is 5.90. The molecule has 2 unspecified atom stereocenters. The Morgan fingerprint density at radius 2 is 1.52 bits per heavy atom. The van der Waals surface area contributed by atoms with Gasteiger partial charge in [-0.25, -0.2) is 0 Å². The Balaban J connectivity index is 1.54. The predicted octanol–water partition coefficient (Wildman–Crippen LogP) is 3.81. The summed E-state index contributed by atoms with van der Waals surface area (Å²) in [4.78, 5) is 16.8. The standard InChI is InChI=1S/C24H29N3O2/c1-18(2)23(17-25)26-13-15-27(16-14-26)24(28)19(3)29-22-11-9-21(10-12-22)20-7-5-4-6-8-20/h4-12,18-19,23H,13-16H2,1-3H3. The highest BCUT2D eigenvalue weighted by molar-refractivity contribution is 5.81. The van der Waals surface area contributed by atoms with E-state index in [4.69, 9.17) is 4.74 Å². The number of carbonyl (C=O) groups is 1. The van der Waals surface area contributed by atoms with Gasteiger partial charge in [-0.15, -0.1) is 0 Å². The second-order valence-electron chi connectivity index (χ2n) is 7.83. The van der Waals surface area contributed by atoms with Crippen molar-refractivity contribution >= 4 is 5.91 Å². The summed E-state index contributed by atoms with van der Waals surface area (Å²) >= 11 is 0. The van der Waals surface area contributed by atoms with E-state index in [9.17, 15) is 10.1 Å². The van der Waals surface area contributed by atoms with Gasteiger partial charge in [-0.05, 0) is 36.1 Å². The zero-order chi connectivity index (χ0) is 20.8. The van der Waals surface area contributed by atoms with Crippen LogP contribution in [0.5, 0.6) is 5.75 Å². The Hall–Kier alpha value is -2.84. The van der Waals surface area contributed by atoms with Crippen LogP contribution in [-0.2, 0) is 4.79 Å². The number of nitriles is 1. The molecule has 1 amide bonds.